The number of hydrogen-bond acceptors (Lipinski definition) is 5. The Hall–Kier alpha value is -0.470. The van der Waals surface area contributed by atoms with Crippen LogP contribution in [0.3, 0.4) is 0 Å². The molecule has 2 heterocycles. The van der Waals surface area contributed by atoms with Gasteiger partial charge in [0.25, 0.3) is 0 Å². The van der Waals surface area contributed by atoms with Gasteiger partial charge in [-0.15, -0.1) is 11.3 Å². The van der Waals surface area contributed by atoms with Crippen molar-refractivity contribution in [2.24, 2.45) is 5.73 Å². The van der Waals surface area contributed by atoms with Crippen molar-refractivity contribution in [1.82, 2.24) is 4.72 Å². The highest BCUT2D eigenvalue weighted by molar-refractivity contribution is 7.89. The van der Waals surface area contributed by atoms with Crippen molar-refractivity contribution in [1.29, 1.82) is 0 Å². The quantitative estimate of drug-likeness (QED) is 0.880. The van der Waals surface area contributed by atoms with Crippen molar-refractivity contribution < 1.29 is 13.2 Å². The molecule has 0 radical (unpaired) electrons. The Morgan fingerprint density at radius 2 is 2.32 bits per heavy atom. The molecule has 108 valence electrons. The van der Waals surface area contributed by atoms with Gasteiger partial charge in [-0.1, -0.05) is 0 Å². The van der Waals surface area contributed by atoms with Crippen molar-refractivity contribution >= 4 is 21.4 Å². The maximum absolute atomic E-state index is 12.5. The minimum absolute atomic E-state index is 0.338. The lowest BCUT2D eigenvalue weighted by atomic mass is 9.97. The molecule has 7 heteroatoms. The molecule has 0 spiro atoms. The molecule has 1 aromatic heterocycles. The molecular weight excluding hydrogens is 284 g/mol. The first-order valence-corrected chi connectivity index (χ1v) is 8.57. The lowest BCUT2D eigenvalue weighted by molar-refractivity contribution is 0.0386. The molecule has 0 bridgehead atoms. The molecule has 5 nitrogen and oxygen atoms in total. The topological polar surface area (TPSA) is 81.4 Å². The van der Waals surface area contributed by atoms with Crippen LogP contribution >= 0.6 is 11.3 Å². The van der Waals surface area contributed by atoms with Gasteiger partial charge in [0.1, 0.15) is 0 Å². The van der Waals surface area contributed by atoms with Crippen LogP contribution in [0.25, 0.3) is 0 Å². The van der Waals surface area contributed by atoms with Crippen LogP contribution in [0.4, 0.5) is 0 Å². The number of rotatable bonds is 4. The molecule has 0 aliphatic carbocycles. The fraction of sp³-hybridized carbons (Fsp3) is 0.667. The van der Waals surface area contributed by atoms with Crippen molar-refractivity contribution in [3.8, 4) is 0 Å². The SMILES string of the molecule is Cc1sc(CN)cc1S(=O)(=O)NC1(C)CCCOC1. The zero-order chi connectivity index (χ0) is 14.1. The van der Waals surface area contributed by atoms with E-state index in [1.165, 1.54) is 11.3 Å². The van der Waals surface area contributed by atoms with E-state index in [1.807, 2.05) is 6.92 Å². The van der Waals surface area contributed by atoms with E-state index >= 15 is 0 Å². The molecule has 1 aromatic rings. The highest BCUT2D eigenvalue weighted by Gasteiger charge is 2.33. The first-order valence-electron chi connectivity index (χ1n) is 6.27. The van der Waals surface area contributed by atoms with E-state index in [9.17, 15) is 8.42 Å². The van der Waals surface area contributed by atoms with Crippen LogP contribution in [-0.4, -0.2) is 27.2 Å². The Kier molecular flexibility index (Phi) is 4.32. The molecule has 19 heavy (non-hydrogen) atoms. The van der Waals surface area contributed by atoms with E-state index in [0.29, 0.717) is 24.7 Å². The summed E-state index contributed by atoms with van der Waals surface area (Å²) in [6.07, 6.45) is 1.66. The van der Waals surface area contributed by atoms with Gasteiger partial charge in [0.05, 0.1) is 17.0 Å². The Morgan fingerprint density at radius 1 is 1.58 bits per heavy atom. The lowest BCUT2D eigenvalue weighted by Crippen LogP contribution is -2.51. The van der Waals surface area contributed by atoms with E-state index < -0.39 is 15.6 Å². The molecule has 1 aliphatic heterocycles. The van der Waals surface area contributed by atoms with E-state index in [0.717, 1.165) is 22.6 Å². The van der Waals surface area contributed by atoms with E-state index in [1.54, 1.807) is 13.0 Å². The smallest absolute Gasteiger partial charge is 0.242 e. The summed E-state index contributed by atoms with van der Waals surface area (Å²) in [6.45, 7) is 5.17. The van der Waals surface area contributed by atoms with Crippen LogP contribution in [0.5, 0.6) is 0 Å². The average Bonchev–Trinajstić information content (AvgIpc) is 2.71. The fourth-order valence-electron chi connectivity index (χ4n) is 2.29. The van der Waals surface area contributed by atoms with Gasteiger partial charge in [-0.05, 0) is 32.8 Å². The van der Waals surface area contributed by atoms with Gasteiger partial charge < -0.3 is 10.5 Å². The molecule has 0 aromatic carbocycles. The van der Waals surface area contributed by atoms with Crippen LogP contribution in [0, 0.1) is 6.92 Å². The summed E-state index contributed by atoms with van der Waals surface area (Å²) in [5, 5.41) is 0. The maximum atomic E-state index is 12.5. The summed E-state index contributed by atoms with van der Waals surface area (Å²) in [4.78, 5) is 1.99. The predicted octanol–water partition coefficient (Wildman–Crippen LogP) is 1.36. The minimum Gasteiger partial charge on any atom is -0.380 e. The second kappa shape index (κ2) is 5.49. The predicted molar refractivity (Wildman–Crippen MR) is 75.7 cm³/mol. The molecule has 1 aliphatic rings. The van der Waals surface area contributed by atoms with Gasteiger partial charge in [0.15, 0.2) is 0 Å². The number of hydrogen-bond donors (Lipinski definition) is 2. The van der Waals surface area contributed by atoms with E-state index in [4.69, 9.17) is 10.5 Å². The third kappa shape index (κ3) is 3.35. The third-order valence-electron chi connectivity index (χ3n) is 3.23. The van der Waals surface area contributed by atoms with Gasteiger partial charge in [-0.25, -0.2) is 13.1 Å². The number of sulfonamides is 1. The van der Waals surface area contributed by atoms with Gasteiger partial charge in [0.2, 0.25) is 10.0 Å². The lowest BCUT2D eigenvalue weighted by Gasteiger charge is -2.33. The van der Waals surface area contributed by atoms with Crippen LogP contribution in [0.1, 0.15) is 29.5 Å². The van der Waals surface area contributed by atoms with Gasteiger partial charge in [-0.2, -0.15) is 0 Å². The second-order valence-corrected chi connectivity index (χ2v) is 8.15. The molecule has 1 saturated heterocycles. The summed E-state index contributed by atoms with van der Waals surface area (Å²) in [6, 6.07) is 1.66. The van der Waals surface area contributed by atoms with Crippen LogP contribution in [0.15, 0.2) is 11.0 Å². The number of ether oxygens (including phenoxy) is 1. The van der Waals surface area contributed by atoms with Gasteiger partial charge in [0, 0.05) is 22.9 Å². The zero-order valence-corrected chi connectivity index (χ0v) is 12.9. The van der Waals surface area contributed by atoms with Crippen LogP contribution in [-0.2, 0) is 21.3 Å². The molecule has 1 atom stereocenters. The molecule has 0 amide bonds. The molecule has 2 rings (SSSR count). The third-order valence-corrected chi connectivity index (χ3v) is 6.20. The van der Waals surface area contributed by atoms with Crippen molar-refractivity contribution in [2.75, 3.05) is 13.2 Å². The van der Waals surface area contributed by atoms with Gasteiger partial charge in [-0.3, -0.25) is 0 Å². The summed E-state index contributed by atoms with van der Waals surface area (Å²) in [7, 11) is -3.51. The Morgan fingerprint density at radius 3 is 2.84 bits per heavy atom. The molecule has 1 unspecified atom stereocenters. The zero-order valence-electron chi connectivity index (χ0n) is 11.2. The van der Waals surface area contributed by atoms with E-state index in [2.05, 4.69) is 4.72 Å². The van der Waals surface area contributed by atoms with Crippen LogP contribution < -0.4 is 10.5 Å². The monoisotopic (exact) mass is 304 g/mol. The highest BCUT2D eigenvalue weighted by Crippen LogP contribution is 2.28. The largest absolute Gasteiger partial charge is 0.380 e. The minimum atomic E-state index is -3.51. The van der Waals surface area contributed by atoms with E-state index in [-0.39, 0.29) is 0 Å². The van der Waals surface area contributed by atoms with Crippen molar-refractivity contribution in [2.45, 2.75) is 43.7 Å². The molecule has 0 saturated carbocycles. The normalized spacial score (nSPS) is 24.6. The summed E-state index contributed by atoms with van der Waals surface area (Å²) < 4.78 is 33.1. The summed E-state index contributed by atoms with van der Waals surface area (Å²) in [5.74, 6) is 0. The standard InChI is InChI=1S/C12H20N2O3S2/c1-9-11(6-10(7-13)18-9)19(15,16)14-12(2)4-3-5-17-8-12/h6,14H,3-5,7-8,13H2,1-2H3. The van der Waals surface area contributed by atoms with Crippen molar-refractivity contribution in [3.05, 3.63) is 15.8 Å². The number of nitrogens with two attached hydrogens (primary N) is 1. The molecule has 3 N–H and O–H groups in total. The summed E-state index contributed by atoms with van der Waals surface area (Å²) in [5.41, 5.74) is 5.04. The molecular formula is C12H20N2O3S2. The number of nitrogens with one attached hydrogen (secondary N) is 1. The maximum Gasteiger partial charge on any atom is 0.242 e. The Labute approximate surface area is 118 Å². The van der Waals surface area contributed by atoms with Crippen LogP contribution in [0.2, 0.25) is 0 Å². The number of aryl methyl sites for hydroxylation is 1. The number of thiophene rings is 1. The first-order chi connectivity index (χ1) is 8.86. The van der Waals surface area contributed by atoms with Gasteiger partial charge >= 0.3 is 0 Å². The first kappa shape index (κ1) is 14.9. The fourth-order valence-corrected chi connectivity index (χ4v) is 5.22. The highest BCUT2D eigenvalue weighted by atomic mass is 32.2. The Balaban J connectivity index is 2.24. The Bertz CT molecular complexity index is 545. The molecule has 1 fully saturated rings. The average molecular weight is 304 g/mol. The second-order valence-electron chi connectivity index (χ2n) is 5.16. The summed E-state index contributed by atoms with van der Waals surface area (Å²) >= 11 is 1.43. The van der Waals surface area contributed by atoms with Crippen molar-refractivity contribution in [3.63, 3.8) is 0 Å².